The molecule has 1 saturated heterocycles. The van der Waals surface area contributed by atoms with Gasteiger partial charge in [-0.15, -0.1) is 0 Å². The van der Waals surface area contributed by atoms with Crippen LogP contribution in [0.4, 0.5) is 4.79 Å². The number of nitrogens with one attached hydrogen (secondary N) is 1. The van der Waals surface area contributed by atoms with Crippen LogP contribution in [0.3, 0.4) is 0 Å². The molecule has 3 N–H and O–H groups in total. The maximum Gasteiger partial charge on any atom is 0.317 e. The first kappa shape index (κ1) is 14.1. The zero-order chi connectivity index (χ0) is 13.9. The summed E-state index contributed by atoms with van der Waals surface area (Å²) in [5.74, 6) is -0.803. The van der Waals surface area contributed by atoms with Crippen LogP contribution in [0.5, 0.6) is 0 Å². The highest BCUT2D eigenvalue weighted by molar-refractivity contribution is 5.74. The number of aliphatic hydroxyl groups is 1. The van der Waals surface area contributed by atoms with Crippen LogP contribution in [-0.2, 0) is 4.79 Å². The Morgan fingerprint density at radius 2 is 2.05 bits per heavy atom. The van der Waals surface area contributed by atoms with Crippen LogP contribution in [0.2, 0.25) is 0 Å². The molecule has 1 unspecified atom stereocenters. The number of hydrogen-bond donors (Lipinski definition) is 3. The summed E-state index contributed by atoms with van der Waals surface area (Å²) in [5.41, 5.74) is -0.254. The van der Waals surface area contributed by atoms with Crippen molar-refractivity contribution in [1.29, 1.82) is 0 Å². The molecule has 0 bridgehead atoms. The van der Waals surface area contributed by atoms with Crippen molar-refractivity contribution in [2.75, 3.05) is 19.6 Å². The van der Waals surface area contributed by atoms with Gasteiger partial charge in [-0.2, -0.15) is 0 Å². The number of likely N-dealkylation sites (tertiary alicyclic amines) is 1. The molecular weight excluding hydrogens is 248 g/mol. The summed E-state index contributed by atoms with van der Waals surface area (Å²) < 4.78 is 0. The molecule has 19 heavy (non-hydrogen) atoms. The summed E-state index contributed by atoms with van der Waals surface area (Å²) in [6.45, 7) is 1.46. The molecule has 2 amide bonds. The van der Waals surface area contributed by atoms with E-state index in [0.29, 0.717) is 19.6 Å². The summed E-state index contributed by atoms with van der Waals surface area (Å²) in [7, 11) is 0. The highest BCUT2D eigenvalue weighted by atomic mass is 16.4. The van der Waals surface area contributed by atoms with E-state index in [0.717, 1.165) is 32.1 Å². The van der Waals surface area contributed by atoms with Crippen LogP contribution in [0.15, 0.2) is 0 Å². The van der Waals surface area contributed by atoms with Crippen molar-refractivity contribution in [1.82, 2.24) is 10.2 Å². The van der Waals surface area contributed by atoms with E-state index in [1.54, 1.807) is 4.90 Å². The van der Waals surface area contributed by atoms with Gasteiger partial charge in [-0.25, -0.2) is 4.79 Å². The molecule has 1 aliphatic heterocycles. The van der Waals surface area contributed by atoms with Gasteiger partial charge < -0.3 is 20.4 Å². The van der Waals surface area contributed by atoms with Gasteiger partial charge >= 0.3 is 12.0 Å². The van der Waals surface area contributed by atoms with Crippen molar-refractivity contribution >= 4 is 12.0 Å². The van der Waals surface area contributed by atoms with Gasteiger partial charge in [0.25, 0.3) is 0 Å². The number of carbonyl (C=O) groups is 2. The lowest BCUT2D eigenvalue weighted by Crippen LogP contribution is -2.51. The van der Waals surface area contributed by atoms with E-state index in [4.69, 9.17) is 5.11 Å². The van der Waals surface area contributed by atoms with Crippen molar-refractivity contribution in [2.45, 2.75) is 44.6 Å². The summed E-state index contributed by atoms with van der Waals surface area (Å²) in [6, 6.07) is -0.185. The first-order valence-electron chi connectivity index (χ1n) is 6.93. The molecule has 0 aromatic rings. The number of piperidine rings is 1. The first-order valence-corrected chi connectivity index (χ1v) is 6.93. The summed E-state index contributed by atoms with van der Waals surface area (Å²) in [5, 5.41) is 21.3. The number of carboxylic acid groups (broad SMARTS) is 1. The van der Waals surface area contributed by atoms with Crippen LogP contribution in [0.1, 0.15) is 38.5 Å². The molecule has 0 aromatic carbocycles. The van der Waals surface area contributed by atoms with Crippen LogP contribution < -0.4 is 5.32 Å². The van der Waals surface area contributed by atoms with E-state index in [1.807, 2.05) is 0 Å². The number of nitrogens with zero attached hydrogens (tertiary/aromatic N) is 1. The minimum absolute atomic E-state index is 0.121. The molecule has 1 aliphatic carbocycles. The molecule has 0 spiro atoms. The monoisotopic (exact) mass is 270 g/mol. The van der Waals surface area contributed by atoms with Gasteiger partial charge in [-0.1, -0.05) is 6.42 Å². The molecule has 2 aliphatic rings. The third kappa shape index (κ3) is 3.59. The fraction of sp³-hybridized carbons (Fsp3) is 0.846. The molecular formula is C13H22N2O4. The standard InChI is InChI=1S/C13H22N2O4/c16-10-3-1-6-15(8-10)12(19)14-9-13(4-2-5-13)7-11(17)18/h10,16H,1-9H2,(H,14,19)(H,17,18). The van der Waals surface area contributed by atoms with Gasteiger partial charge in [0.1, 0.15) is 0 Å². The van der Waals surface area contributed by atoms with Gasteiger partial charge in [0.15, 0.2) is 0 Å². The summed E-state index contributed by atoms with van der Waals surface area (Å²) in [6.07, 6.45) is 4.00. The largest absolute Gasteiger partial charge is 0.481 e. The Morgan fingerprint density at radius 3 is 2.58 bits per heavy atom. The van der Waals surface area contributed by atoms with Crippen molar-refractivity contribution in [3.63, 3.8) is 0 Å². The fourth-order valence-corrected chi connectivity index (χ4v) is 2.93. The molecule has 2 rings (SSSR count). The predicted molar refractivity (Wildman–Crippen MR) is 68.7 cm³/mol. The van der Waals surface area contributed by atoms with E-state index in [-0.39, 0.29) is 17.9 Å². The Bertz CT molecular complexity index is 355. The van der Waals surface area contributed by atoms with E-state index < -0.39 is 12.1 Å². The second-order valence-electron chi connectivity index (χ2n) is 5.82. The lowest BCUT2D eigenvalue weighted by atomic mass is 9.66. The maximum absolute atomic E-state index is 12.0. The van der Waals surface area contributed by atoms with Crippen molar-refractivity contribution < 1.29 is 19.8 Å². The van der Waals surface area contributed by atoms with E-state index >= 15 is 0 Å². The zero-order valence-electron chi connectivity index (χ0n) is 11.1. The SMILES string of the molecule is O=C(O)CC1(CNC(=O)N2CCCC(O)C2)CCC1. The Kier molecular flexibility index (Phi) is 4.29. The van der Waals surface area contributed by atoms with E-state index in [2.05, 4.69) is 5.32 Å². The summed E-state index contributed by atoms with van der Waals surface area (Å²) >= 11 is 0. The van der Waals surface area contributed by atoms with E-state index in [1.165, 1.54) is 0 Å². The Labute approximate surface area is 112 Å². The van der Waals surface area contributed by atoms with Gasteiger partial charge in [0, 0.05) is 19.6 Å². The van der Waals surface area contributed by atoms with Crippen molar-refractivity contribution in [3.05, 3.63) is 0 Å². The lowest BCUT2D eigenvalue weighted by Gasteiger charge is -2.41. The van der Waals surface area contributed by atoms with E-state index in [9.17, 15) is 14.7 Å². The molecule has 0 radical (unpaired) electrons. The maximum atomic E-state index is 12.0. The zero-order valence-corrected chi connectivity index (χ0v) is 11.1. The number of carbonyl (C=O) groups excluding carboxylic acids is 1. The predicted octanol–water partition coefficient (Wildman–Crippen LogP) is 0.798. The number of amides is 2. The lowest BCUT2D eigenvalue weighted by molar-refractivity contribution is -0.141. The number of rotatable bonds is 4. The third-order valence-corrected chi connectivity index (χ3v) is 4.24. The second-order valence-corrected chi connectivity index (χ2v) is 5.82. The van der Waals surface area contributed by atoms with Gasteiger partial charge in [0.2, 0.25) is 0 Å². The van der Waals surface area contributed by atoms with Crippen LogP contribution in [0, 0.1) is 5.41 Å². The minimum atomic E-state index is -0.803. The highest BCUT2D eigenvalue weighted by Crippen LogP contribution is 2.43. The quantitative estimate of drug-likeness (QED) is 0.704. The average Bonchev–Trinajstić information content (AvgIpc) is 2.31. The molecule has 6 nitrogen and oxygen atoms in total. The normalized spacial score (nSPS) is 25.5. The van der Waals surface area contributed by atoms with Gasteiger partial charge in [-0.05, 0) is 31.1 Å². The number of β-amino-alcohol motifs (C(OH)–C–C–N with tert-alkyl or cyclic N) is 1. The number of hydrogen-bond acceptors (Lipinski definition) is 3. The Morgan fingerprint density at radius 1 is 1.32 bits per heavy atom. The first-order chi connectivity index (χ1) is 9.01. The van der Waals surface area contributed by atoms with Crippen LogP contribution >= 0.6 is 0 Å². The average molecular weight is 270 g/mol. The molecule has 2 fully saturated rings. The number of aliphatic carboxylic acids is 1. The molecule has 1 atom stereocenters. The van der Waals surface area contributed by atoms with Gasteiger partial charge in [-0.3, -0.25) is 4.79 Å². The van der Waals surface area contributed by atoms with Gasteiger partial charge in [0.05, 0.1) is 12.5 Å². The summed E-state index contributed by atoms with van der Waals surface area (Å²) in [4.78, 5) is 24.4. The number of aliphatic hydroxyl groups excluding tert-OH is 1. The molecule has 1 heterocycles. The highest BCUT2D eigenvalue weighted by Gasteiger charge is 2.39. The minimum Gasteiger partial charge on any atom is -0.481 e. The van der Waals surface area contributed by atoms with Crippen LogP contribution in [0.25, 0.3) is 0 Å². The Hall–Kier alpha value is -1.30. The topological polar surface area (TPSA) is 89.9 Å². The number of urea groups is 1. The van der Waals surface area contributed by atoms with Crippen LogP contribution in [-0.4, -0.2) is 52.9 Å². The fourth-order valence-electron chi connectivity index (χ4n) is 2.93. The van der Waals surface area contributed by atoms with Crippen molar-refractivity contribution in [2.24, 2.45) is 5.41 Å². The number of carboxylic acids is 1. The molecule has 108 valence electrons. The molecule has 1 saturated carbocycles. The molecule has 6 heteroatoms. The second kappa shape index (κ2) is 5.77. The molecule has 0 aromatic heterocycles. The Balaban J connectivity index is 1.80. The van der Waals surface area contributed by atoms with Crippen molar-refractivity contribution in [3.8, 4) is 0 Å². The third-order valence-electron chi connectivity index (χ3n) is 4.24. The smallest absolute Gasteiger partial charge is 0.317 e.